The number of hydrogen-bond donors (Lipinski definition) is 3. The molecule has 0 spiro atoms. The maximum Gasteiger partial charge on any atom is 0.416 e. The number of amides is 2. The molecular weight excluding hydrogens is 487 g/mol. The standard InChI is InChI=1S/C26H24F3N5O3/c27-26(28,29)18-2-1-3-20(14-18)32-25(35)31-19-7-4-16(5-8-19)21-9-6-17(15-34-10-12-36-13-11-34)23-22(21)24(30)33-37-23/h1-9,14H,10-13,15H2,(H2,30,33)(H2,31,32,35). The number of halogens is 3. The average molecular weight is 512 g/mol. The lowest BCUT2D eigenvalue weighted by Crippen LogP contribution is -2.35. The Morgan fingerprint density at radius 2 is 1.73 bits per heavy atom. The summed E-state index contributed by atoms with van der Waals surface area (Å²) in [6.07, 6.45) is -4.50. The minimum Gasteiger partial charge on any atom is -0.380 e. The monoisotopic (exact) mass is 511 g/mol. The van der Waals surface area contributed by atoms with Gasteiger partial charge < -0.3 is 25.6 Å². The highest BCUT2D eigenvalue weighted by molar-refractivity contribution is 6.03. The van der Waals surface area contributed by atoms with Crippen LogP contribution in [0.25, 0.3) is 22.1 Å². The van der Waals surface area contributed by atoms with Crippen molar-refractivity contribution >= 4 is 34.2 Å². The summed E-state index contributed by atoms with van der Waals surface area (Å²) in [5.41, 5.74) is 9.08. The number of morpholine rings is 1. The Kier molecular flexibility index (Phi) is 6.72. The highest BCUT2D eigenvalue weighted by atomic mass is 19.4. The molecule has 1 aliphatic rings. The molecule has 8 nitrogen and oxygen atoms in total. The van der Waals surface area contributed by atoms with Crippen LogP contribution < -0.4 is 16.4 Å². The van der Waals surface area contributed by atoms with Gasteiger partial charge >= 0.3 is 12.2 Å². The molecule has 4 N–H and O–H groups in total. The lowest BCUT2D eigenvalue weighted by atomic mass is 9.98. The van der Waals surface area contributed by atoms with Gasteiger partial charge in [-0.1, -0.05) is 35.5 Å². The minimum atomic E-state index is -4.50. The average Bonchev–Trinajstić information content (AvgIpc) is 3.27. The molecule has 0 saturated carbocycles. The highest BCUT2D eigenvalue weighted by Gasteiger charge is 2.30. The van der Waals surface area contributed by atoms with E-state index in [4.69, 9.17) is 15.0 Å². The number of alkyl halides is 3. The van der Waals surface area contributed by atoms with Gasteiger partial charge in [-0.15, -0.1) is 0 Å². The lowest BCUT2D eigenvalue weighted by Gasteiger charge is -2.26. The fraction of sp³-hybridized carbons (Fsp3) is 0.231. The van der Waals surface area contributed by atoms with Gasteiger partial charge in [0, 0.05) is 36.6 Å². The van der Waals surface area contributed by atoms with Gasteiger partial charge in [0.25, 0.3) is 0 Å². The molecule has 0 aliphatic carbocycles. The van der Waals surface area contributed by atoms with Crippen LogP contribution in [0.15, 0.2) is 65.2 Å². The maximum absolute atomic E-state index is 12.9. The molecule has 4 aromatic rings. The van der Waals surface area contributed by atoms with E-state index in [1.807, 2.05) is 24.3 Å². The molecule has 3 aromatic carbocycles. The number of nitrogen functional groups attached to an aromatic ring is 1. The normalized spacial score (nSPS) is 14.6. The van der Waals surface area contributed by atoms with E-state index >= 15 is 0 Å². The Balaban J connectivity index is 1.31. The number of rotatable bonds is 5. The van der Waals surface area contributed by atoms with E-state index in [9.17, 15) is 18.0 Å². The molecule has 0 radical (unpaired) electrons. The van der Waals surface area contributed by atoms with Crippen LogP contribution in [0.5, 0.6) is 0 Å². The third kappa shape index (κ3) is 5.52. The minimum absolute atomic E-state index is 0.0337. The second kappa shape index (κ2) is 10.1. The molecule has 1 fully saturated rings. The van der Waals surface area contributed by atoms with Crippen molar-refractivity contribution in [3.63, 3.8) is 0 Å². The second-order valence-corrected chi connectivity index (χ2v) is 8.67. The van der Waals surface area contributed by atoms with Crippen LogP contribution in [-0.4, -0.2) is 42.4 Å². The molecule has 0 bridgehead atoms. The number of nitrogens with two attached hydrogens (primary N) is 1. The van der Waals surface area contributed by atoms with Crippen LogP contribution in [-0.2, 0) is 17.5 Å². The smallest absolute Gasteiger partial charge is 0.380 e. The summed E-state index contributed by atoms with van der Waals surface area (Å²) in [5.74, 6) is 0.288. The van der Waals surface area contributed by atoms with E-state index < -0.39 is 17.8 Å². The number of benzene rings is 3. The van der Waals surface area contributed by atoms with Crippen molar-refractivity contribution in [2.24, 2.45) is 0 Å². The van der Waals surface area contributed by atoms with Crippen molar-refractivity contribution in [1.82, 2.24) is 10.1 Å². The van der Waals surface area contributed by atoms with Gasteiger partial charge in [-0.25, -0.2) is 4.79 Å². The predicted molar refractivity (Wildman–Crippen MR) is 134 cm³/mol. The van der Waals surface area contributed by atoms with Crippen LogP contribution in [0.3, 0.4) is 0 Å². The summed E-state index contributed by atoms with van der Waals surface area (Å²) >= 11 is 0. The number of ether oxygens (including phenoxy) is 1. The Morgan fingerprint density at radius 1 is 1.00 bits per heavy atom. The summed E-state index contributed by atoms with van der Waals surface area (Å²) in [7, 11) is 0. The molecule has 0 atom stereocenters. The topological polar surface area (TPSA) is 106 Å². The second-order valence-electron chi connectivity index (χ2n) is 8.67. The third-order valence-electron chi connectivity index (χ3n) is 6.13. The lowest BCUT2D eigenvalue weighted by molar-refractivity contribution is -0.137. The van der Waals surface area contributed by atoms with Crippen molar-refractivity contribution in [3.05, 3.63) is 71.8 Å². The summed E-state index contributed by atoms with van der Waals surface area (Å²) in [6, 6.07) is 14.7. The van der Waals surface area contributed by atoms with Crippen molar-refractivity contribution in [1.29, 1.82) is 0 Å². The molecule has 192 valence electrons. The first kappa shape index (κ1) is 24.6. The fourth-order valence-electron chi connectivity index (χ4n) is 4.29. The summed E-state index contributed by atoms with van der Waals surface area (Å²) in [4.78, 5) is 14.6. The molecule has 2 heterocycles. The number of nitrogens with zero attached hydrogens (tertiary/aromatic N) is 2. The molecule has 11 heteroatoms. The first-order valence-electron chi connectivity index (χ1n) is 11.6. The van der Waals surface area contributed by atoms with E-state index in [1.165, 1.54) is 12.1 Å². The first-order valence-corrected chi connectivity index (χ1v) is 11.6. The van der Waals surface area contributed by atoms with Crippen LogP contribution in [0.4, 0.5) is 35.2 Å². The Hall–Kier alpha value is -4.09. The molecule has 1 aliphatic heterocycles. The first-order chi connectivity index (χ1) is 17.8. The number of urea groups is 1. The van der Waals surface area contributed by atoms with Crippen molar-refractivity contribution in [2.75, 3.05) is 42.7 Å². The zero-order valence-electron chi connectivity index (χ0n) is 19.6. The van der Waals surface area contributed by atoms with Gasteiger partial charge in [0.15, 0.2) is 11.4 Å². The van der Waals surface area contributed by atoms with E-state index in [1.54, 1.807) is 12.1 Å². The number of nitrogens with one attached hydrogen (secondary N) is 2. The summed E-state index contributed by atoms with van der Waals surface area (Å²) < 4.78 is 49.7. The Morgan fingerprint density at radius 3 is 2.46 bits per heavy atom. The van der Waals surface area contributed by atoms with Gasteiger partial charge in [0.1, 0.15) is 0 Å². The fourth-order valence-corrected chi connectivity index (χ4v) is 4.29. The summed E-state index contributed by atoms with van der Waals surface area (Å²) in [5, 5.41) is 9.73. The molecule has 1 aromatic heterocycles. The molecule has 0 unspecified atom stereocenters. The van der Waals surface area contributed by atoms with Gasteiger partial charge in [-0.3, -0.25) is 4.90 Å². The van der Waals surface area contributed by atoms with Crippen LogP contribution in [0, 0.1) is 0 Å². The number of anilines is 3. The number of fused-ring (bicyclic) bond motifs is 1. The highest BCUT2D eigenvalue weighted by Crippen LogP contribution is 2.36. The predicted octanol–water partition coefficient (Wildman–Crippen LogP) is 5.57. The summed E-state index contributed by atoms with van der Waals surface area (Å²) in [6.45, 7) is 3.75. The van der Waals surface area contributed by atoms with Crippen LogP contribution in [0.2, 0.25) is 0 Å². The zero-order valence-corrected chi connectivity index (χ0v) is 19.6. The maximum atomic E-state index is 12.9. The van der Waals surface area contributed by atoms with Crippen LogP contribution in [0.1, 0.15) is 11.1 Å². The SMILES string of the molecule is Nc1noc2c(CN3CCOCC3)ccc(-c3ccc(NC(=O)Nc4cccc(C(F)(F)F)c4)cc3)c12. The molecule has 5 rings (SSSR count). The quantitative estimate of drug-likeness (QED) is 0.323. The van der Waals surface area contributed by atoms with E-state index in [-0.39, 0.29) is 11.5 Å². The number of carbonyl (C=O) groups excluding carboxylic acids is 1. The van der Waals surface area contributed by atoms with Gasteiger partial charge in [-0.2, -0.15) is 13.2 Å². The van der Waals surface area contributed by atoms with E-state index in [2.05, 4.69) is 20.7 Å². The van der Waals surface area contributed by atoms with Gasteiger partial charge in [-0.05, 0) is 41.5 Å². The van der Waals surface area contributed by atoms with Crippen LogP contribution >= 0.6 is 0 Å². The molecule has 37 heavy (non-hydrogen) atoms. The molecule has 1 saturated heterocycles. The molecular formula is C26H24F3N5O3. The number of aromatic nitrogens is 1. The number of carbonyl (C=O) groups is 1. The van der Waals surface area contributed by atoms with Crippen molar-refractivity contribution < 1.29 is 27.2 Å². The Labute approximate surface area is 210 Å². The van der Waals surface area contributed by atoms with E-state index in [0.29, 0.717) is 36.4 Å². The number of hydrogen-bond acceptors (Lipinski definition) is 6. The van der Waals surface area contributed by atoms with Crippen molar-refractivity contribution in [3.8, 4) is 11.1 Å². The van der Waals surface area contributed by atoms with Gasteiger partial charge in [0.2, 0.25) is 0 Å². The van der Waals surface area contributed by atoms with Gasteiger partial charge in [0.05, 0.1) is 24.2 Å². The largest absolute Gasteiger partial charge is 0.416 e. The van der Waals surface area contributed by atoms with Crippen molar-refractivity contribution in [2.45, 2.75) is 12.7 Å². The zero-order chi connectivity index (χ0) is 26.0. The Bertz CT molecular complexity index is 1410. The van der Waals surface area contributed by atoms with E-state index in [0.717, 1.165) is 41.9 Å². The third-order valence-corrected chi connectivity index (χ3v) is 6.13. The molecule has 2 amide bonds.